The van der Waals surface area contributed by atoms with Crippen molar-refractivity contribution in [3.63, 3.8) is 0 Å². The second-order valence-corrected chi connectivity index (χ2v) is 9.72. The summed E-state index contributed by atoms with van der Waals surface area (Å²) in [5, 5.41) is 0.682. The maximum absolute atomic E-state index is 13.4. The van der Waals surface area contributed by atoms with Crippen molar-refractivity contribution in [2.24, 2.45) is 0 Å². The van der Waals surface area contributed by atoms with Crippen LogP contribution in [0.4, 0.5) is 13.2 Å². The minimum Gasteiger partial charge on any atom is -0.334 e. The molecule has 0 radical (unpaired) electrons. The number of hydrogen-bond donors (Lipinski definition) is 0. The van der Waals surface area contributed by atoms with Crippen LogP contribution >= 0.6 is 34.8 Å². The average Bonchev–Trinajstić information content (AvgIpc) is 3.63. The number of benzene rings is 3. The van der Waals surface area contributed by atoms with Crippen molar-refractivity contribution in [2.75, 3.05) is 6.54 Å². The highest BCUT2D eigenvalue weighted by Crippen LogP contribution is 2.40. The maximum Gasteiger partial charge on any atom is 0.416 e. The Kier molecular flexibility index (Phi) is 7.46. The van der Waals surface area contributed by atoms with E-state index < -0.39 is 17.6 Å². The molecule has 3 aromatic rings. The van der Waals surface area contributed by atoms with E-state index in [0.29, 0.717) is 22.4 Å². The molecular formula is C26H21Cl3F3NO. The molecule has 2 nitrogen and oxygen atoms in total. The van der Waals surface area contributed by atoms with Crippen molar-refractivity contribution in [3.8, 4) is 0 Å². The Morgan fingerprint density at radius 3 is 2.18 bits per heavy atom. The number of halogens is 6. The minimum absolute atomic E-state index is 0.108. The fourth-order valence-electron chi connectivity index (χ4n) is 3.80. The van der Waals surface area contributed by atoms with E-state index in [4.69, 9.17) is 34.8 Å². The van der Waals surface area contributed by atoms with Crippen LogP contribution in [0.5, 0.6) is 0 Å². The summed E-state index contributed by atoms with van der Waals surface area (Å²) in [6, 6.07) is 16.2. The Hall–Kier alpha value is -2.21. The summed E-state index contributed by atoms with van der Waals surface area (Å²) in [5.74, 6) is 0.0769. The van der Waals surface area contributed by atoms with E-state index in [-0.39, 0.29) is 23.7 Å². The predicted molar refractivity (Wildman–Crippen MR) is 130 cm³/mol. The maximum atomic E-state index is 13.4. The molecule has 0 saturated heterocycles. The molecule has 0 atom stereocenters. The lowest BCUT2D eigenvalue weighted by atomic mass is 10.1. The number of amides is 1. The molecule has 0 N–H and O–H groups in total. The van der Waals surface area contributed by atoms with Gasteiger partial charge in [-0.15, -0.1) is 0 Å². The molecule has 0 aromatic heterocycles. The van der Waals surface area contributed by atoms with Crippen LogP contribution in [0.25, 0.3) is 0 Å². The quantitative estimate of drug-likeness (QED) is 0.302. The summed E-state index contributed by atoms with van der Waals surface area (Å²) in [4.78, 5) is 14.9. The van der Waals surface area contributed by atoms with Gasteiger partial charge in [0.1, 0.15) is 0 Å². The summed E-state index contributed by atoms with van der Waals surface area (Å²) < 4.78 is 39.9. The van der Waals surface area contributed by atoms with Crippen molar-refractivity contribution >= 4 is 40.7 Å². The molecule has 0 spiro atoms. The van der Waals surface area contributed by atoms with Crippen LogP contribution in [0.3, 0.4) is 0 Å². The van der Waals surface area contributed by atoms with Crippen LogP contribution in [-0.4, -0.2) is 17.4 Å². The summed E-state index contributed by atoms with van der Waals surface area (Å²) in [6.45, 7) is 0.522. The summed E-state index contributed by atoms with van der Waals surface area (Å²) >= 11 is 18.0. The van der Waals surface area contributed by atoms with E-state index in [1.54, 1.807) is 12.1 Å². The summed E-state index contributed by atoms with van der Waals surface area (Å²) in [5.41, 5.74) is 1.95. The zero-order valence-corrected chi connectivity index (χ0v) is 20.3. The second-order valence-electron chi connectivity index (χ2n) is 8.47. The van der Waals surface area contributed by atoms with E-state index in [0.717, 1.165) is 23.3 Å². The van der Waals surface area contributed by atoms with Crippen LogP contribution < -0.4 is 0 Å². The van der Waals surface area contributed by atoms with E-state index in [9.17, 15) is 18.0 Å². The Balaban J connectivity index is 1.59. The van der Waals surface area contributed by atoms with Gasteiger partial charge in [-0.3, -0.25) is 4.79 Å². The van der Waals surface area contributed by atoms with Crippen molar-refractivity contribution in [1.29, 1.82) is 0 Å². The number of nitrogens with zero attached hydrogens (tertiary/aromatic N) is 1. The van der Waals surface area contributed by atoms with Crippen LogP contribution in [-0.2, 0) is 19.1 Å². The van der Waals surface area contributed by atoms with Gasteiger partial charge >= 0.3 is 6.18 Å². The topological polar surface area (TPSA) is 20.3 Å². The number of hydrogen-bond acceptors (Lipinski definition) is 1. The summed E-state index contributed by atoms with van der Waals surface area (Å²) in [7, 11) is 0. The van der Waals surface area contributed by atoms with E-state index >= 15 is 0 Å². The molecule has 0 aliphatic heterocycles. The van der Waals surface area contributed by atoms with Gasteiger partial charge in [0.15, 0.2) is 0 Å². The molecule has 1 amide bonds. The van der Waals surface area contributed by atoms with Crippen molar-refractivity contribution in [2.45, 2.75) is 37.9 Å². The molecule has 0 heterocycles. The fraction of sp³-hybridized carbons (Fsp3) is 0.269. The molecular weight excluding hydrogens is 506 g/mol. The molecule has 1 saturated carbocycles. The van der Waals surface area contributed by atoms with Gasteiger partial charge in [0.25, 0.3) is 5.91 Å². The fourth-order valence-corrected chi connectivity index (χ4v) is 4.36. The van der Waals surface area contributed by atoms with E-state index in [1.165, 1.54) is 29.4 Å². The molecule has 178 valence electrons. The normalized spacial score (nSPS) is 13.7. The Morgan fingerprint density at radius 2 is 1.56 bits per heavy atom. The van der Waals surface area contributed by atoms with Gasteiger partial charge in [-0.25, -0.2) is 0 Å². The molecule has 1 fully saturated rings. The molecule has 34 heavy (non-hydrogen) atoms. The molecule has 1 aliphatic rings. The highest BCUT2D eigenvalue weighted by atomic mass is 35.5. The van der Waals surface area contributed by atoms with E-state index in [2.05, 4.69) is 12.1 Å². The van der Waals surface area contributed by atoms with Gasteiger partial charge in [-0.2, -0.15) is 13.2 Å². The second kappa shape index (κ2) is 10.2. The first-order valence-electron chi connectivity index (χ1n) is 10.8. The number of alkyl halides is 3. The highest BCUT2D eigenvalue weighted by Gasteiger charge is 2.32. The first kappa shape index (κ1) is 24.9. The van der Waals surface area contributed by atoms with Crippen LogP contribution in [0.1, 0.15) is 51.4 Å². The minimum atomic E-state index is -4.61. The van der Waals surface area contributed by atoms with Gasteiger partial charge in [0.2, 0.25) is 0 Å². The molecule has 1 aliphatic carbocycles. The lowest BCUT2D eigenvalue weighted by Crippen LogP contribution is -2.32. The SMILES string of the molecule is O=C(c1cc(Cl)cc(C(F)(F)F)c1)N(CCc1ccc(Cl)c(Cl)c1)Cc1ccc(C2CC2)cc1. The number of carbonyl (C=O) groups is 1. The predicted octanol–water partition coefficient (Wildman–Crippen LogP) is 8.43. The standard InChI is InChI=1S/C26H21Cl3F3NO/c27-22-13-20(12-21(14-22)26(30,31)32)25(34)33(10-9-16-3-8-23(28)24(29)11-16)15-17-1-4-18(5-2-17)19-6-7-19/h1-5,8,11-14,19H,6-7,9-10,15H2. The van der Waals surface area contributed by atoms with E-state index in [1.807, 2.05) is 18.2 Å². The summed E-state index contributed by atoms with van der Waals surface area (Å²) in [6.07, 6.45) is -1.78. The molecule has 4 rings (SSSR count). The number of carbonyl (C=O) groups excluding carboxylic acids is 1. The molecule has 0 bridgehead atoms. The molecule has 8 heteroatoms. The lowest BCUT2D eigenvalue weighted by Gasteiger charge is -2.24. The number of rotatable bonds is 7. The average molecular weight is 527 g/mol. The Labute approximate surface area is 211 Å². The van der Waals surface area contributed by atoms with Gasteiger partial charge in [0.05, 0.1) is 15.6 Å². The zero-order chi connectivity index (χ0) is 24.5. The van der Waals surface area contributed by atoms with Crippen LogP contribution in [0, 0.1) is 0 Å². The zero-order valence-electron chi connectivity index (χ0n) is 18.0. The van der Waals surface area contributed by atoms with Gasteiger partial charge < -0.3 is 4.90 Å². The molecule has 0 unspecified atom stereocenters. The first-order valence-corrected chi connectivity index (χ1v) is 11.9. The third-order valence-electron chi connectivity index (χ3n) is 5.82. The largest absolute Gasteiger partial charge is 0.416 e. The van der Waals surface area contributed by atoms with Crippen molar-refractivity contribution < 1.29 is 18.0 Å². The van der Waals surface area contributed by atoms with Crippen LogP contribution in [0.2, 0.25) is 15.1 Å². The third-order valence-corrected chi connectivity index (χ3v) is 6.77. The smallest absolute Gasteiger partial charge is 0.334 e. The Morgan fingerprint density at radius 1 is 0.882 bits per heavy atom. The molecule has 3 aromatic carbocycles. The van der Waals surface area contributed by atoms with Gasteiger partial charge in [-0.1, -0.05) is 65.1 Å². The lowest BCUT2D eigenvalue weighted by molar-refractivity contribution is -0.137. The Bertz CT molecular complexity index is 1190. The third kappa shape index (κ3) is 6.26. The van der Waals surface area contributed by atoms with Crippen LogP contribution in [0.15, 0.2) is 60.7 Å². The van der Waals surface area contributed by atoms with Crippen molar-refractivity contribution in [3.05, 3.63) is 104 Å². The van der Waals surface area contributed by atoms with Gasteiger partial charge in [0, 0.05) is 23.7 Å². The monoisotopic (exact) mass is 525 g/mol. The van der Waals surface area contributed by atoms with Crippen molar-refractivity contribution in [1.82, 2.24) is 4.90 Å². The first-order chi connectivity index (χ1) is 16.1. The van der Waals surface area contributed by atoms with Gasteiger partial charge in [-0.05, 0) is 72.2 Å². The highest BCUT2D eigenvalue weighted by molar-refractivity contribution is 6.42.